The number of methoxy groups -OCH3 is 1. The zero-order chi connectivity index (χ0) is 21.5. The van der Waals surface area contributed by atoms with Gasteiger partial charge in [0.25, 0.3) is 5.91 Å². The smallest absolute Gasteiger partial charge is 0.261 e. The summed E-state index contributed by atoms with van der Waals surface area (Å²) in [6.45, 7) is 0.0901. The van der Waals surface area contributed by atoms with Crippen molar-refractivity contribution < 1.29 is 19.4 Å². The molecule has 0 aliphatic heterocycles. The first-order chi connectivity index (χ1) is 14.5. The highest BCUT2D eigenvalue weighted by atomic mass is 32.1. The number of fused-ring (bicyclic) bond motifs is 1. The summed E-state index contributed by atoms with van der Waals surface area (Å²) in [5, 5.41) is 15.8. The molecule has 3 N–H and O–H groups in total. The predicted molar refractivity (Wildman–Crippen MR) is 112 cm³/mol. The van der Waals surface area contributed by atoms with Crippen LogP contribution in [-0.4, -0.2) is 58.8 Å². The minimum Gasteiger partial charge on any atom is -0.492 e. The van der Waals surface area contributed by atoms with Crippen LogP contribution in [0.2, 0.25) is 0 Å². The van der Waals surface area contributed by atoms with E-state index in [1.54, 1.807) is 37.5 Å². The number of thiophene rings is 1. The molecule has 3 heterocycles. The van der Waals surface area contributed by atoms with Crippen molar-refractivity contribution in [1.82, 2.24) is 25.6 Å². The lowest BCUT2D eigenvalue weighted by atomic mass is 10.3. The molecule has 0 aliphatic rings. The molecule has 1 amide bonds. The number of likely N-dealkylation sites (N-methyl/N-ethyl adjacent to an activating group) is 1. The van der Waals surface area contributed by atoms with Gasteiger partial charge >= 0.3 is 0 Å². The van der Waals surface area contributed by atoms with Crippen LogP contribution in [0.15, 0.2) is 47.4 Å². The summed E-state index contributed by atoms with van der Waals surface area (Å²) in [5.41, 5.74) is 0.958. The van der Waals surface area contributed by atoms with Crippen molar-refractivity contribution in [3.63, 3.8) is 0 Å². The Kier molecular flexibility index (Phi) is 6.65. The van der Waals surface area contributed by atoms with Gasteiger partial charge in [0.2, 0.25) is 5.88 Å². The number of aromatic hydroxyl groups is 1. The van der Waals surface area contributed by atoms with Crippen LogP contribution in [0, 0.1) is 0 Å². The molecule has 30 heavy (non-hydrogen) atoms. The third kappa shape index (κ3) is 4.75. The molecule has 0 fully saturated rings. The van der Waals surface area contributed by atoms with Crippen LogP contribution in [0.25, 0.3) is 21.7 Å². The van der Waals surface area contributed by atoms with Gasteiger partial charge in [-0.2, -0.15) is 4.98 Å². The maximum atomic E-state index is 12.5. The number of aromatic nitrogens is 3. The van der Waals surface area contributed by atoms with Crippen LogP contribution in [-0.2, 0) is 9.53 Å². The van der Waals surface area contributed by atoms with Crippen molar-refractivity contribution >= 4 is 39.6 Å². The highest BCUT2D eigenvalue weighted by Crippen LogP contribution is 2.32. The zero-order valence-corrected chi connectivity index (χ0v) is 16.9. The maximum Gasteiger partial charge on any atom is 0.261 e. The molecule has 0 radical (unpaired) electrons. The van der Waals surface area contributed by atoms with Crippen LogP contribution in [0.4, 0.5) is 0 Å². The van der Waals surface area contributed by atoms with Crippen LogP contribution in [0.1, 0.15) is 9.67 Å². The summed E-state index contributed by atoms with van der Waals surface area (Å²) < 4.78 is 5.21. The van der Waals surface area contributed by atoms with Gasteiger partial charge in [0.15, 0.2) is 17.9 Å². The van der Waals surface area contributed by atoms with E-state index in [0.717, 1.165) is 11.3 Å². The quantitative estimate of drug-likeness (QED) is 0.170. The maximum absolute atomic E-state index is 12.5. The number of carbonyl (C=O) groups is 2. The molecule has 0 spiro atoms. The summed E-state index contributed by atoms with van der Waals surface area (Å²) in [6.07, 6.45) is 3.38. The lowest BCUT2D eigenvalue weighted by molar-refractivity contribution is -0.107. The summed E-state index contributed by atoms with van der Waals surface area (Å²) in [4.78, 5) is 40.3. The van der Waals surface area contributed by atoms with Crippen LogP contribution in [0.3, 0.4) is 0 Å². The topological polar surface area (TPSA) is 139 Å². The van der Waals surface area contributed by atoms with Gasteiger partial charge in [-0.15, -0.1) is 11.3 Å². The van der Waals surface area contributed by atoms with E-state index in [9.17, 15) is 14.7 Å². The number of allylic oxidation sites excluding steroid dienone is 1. The van der Waals surface area contributed by atoms with E-state index in [2.05, 4.69) is 30.6 Å². The Morgan fingerprint density at radius 3 is 2.87 bits per heavy atom. The molecule has 0 aliphatic carbocycles. The van der Waals surface area contributed by atoms with Crippen molar-refractivity contribution in [2.75, 3.05) is 20.7 Å². The molecule has 154 valence electrons. The van der Waals surface area contributed by atoms with Crippen LogP contribution >= 0.6 is 11.3 Å². The third-order valence-electron chi connectivity index (χ3n) is 3.88. The van der Waals surface area contributed by atoms with Crippen molar-refractivity contribution in [1.29, 1.82) is 0 Å². The first kappa shape index (κ1) is 20.9. The molecule has 3 aromatic rings. The van der Waals surface area contributed by atoms with Gasteiger partial charge in [-0.05, 0) is 18.2 Å². The van der Waals surface area contributed by atoms with Crippen molar-refractivity contribution in [3.05, 3.63) is 47.3 Å². The highest BCUT2D eigenvalue weighted by molar-refractivity contribution is 7.21. The number of carbonyl (C=O) groups excluding carboxylic acids is 2. The van der Waals surface area contributed by atoms with E-state index in [-0.39, 0.29) is 29.9 Å². The molecule has 10 nitrogen and oxygen atoms in total. The molecule has 0 aromatic carbocycles. The average Bonchev–Trinajstić information content (AvgIpc) is 3.22. The molecular weight excluding hydrogens is 408 g/mol. The summed E-state index contributed by atoms with van der Waals surface area (Å²) >= 11 is 1.07. The summed E-state index contributed by atoms with van der Waals surface area (Å²) in [7, 11) is 2.99. The third-order valence-corrected chi connectivity index (χ3v) is 4.99. The molecule has 3 aromatic heterocycles. The van der Waals surface area contributed by atoms with Crippen LogP contribution < -0.4 is 10.6 Å². The lowest BCUT2D eigenvalue weighted by Crippen LogP contribution is -2.35. The Bertz CT molecular complexity index is 1130. The fourth-order valence-electron chi connectivity index (χ4n) is 2.36. The average molecular weight is 426 g/mol. The highest BCUT2D eigenvalue weighted by Gasteiger charge is 2.16. The van der Waals surface area contributed by atoms with E-state index >= 15 is 0 Å². The largest absolute Gasteiger partial charge is 0.492 e. The van der Waals surface area contributed by atoms with Crippen molar-refractivity contribution in [3.8, 4) is 17.4 Å². The fourth-order valence-corrected chi connectivity index (χ4v) is 3.26. The first-order valence-corrected chi connectivity index (χ1v) is 9.51. The van der Waals surface area contributed by atoms with Gasteiger partial charge in [0.05, 0.1) is 30.2 Å². The van der Waals surface area contributed by atoms with Crippen molar-refractivity contribution in [2.24, 2.45) is 4.99 Å². The van der Waals surface area contributed by atoms with E-state index in [1.165, 1.54) is 13.3 Å². The molecule has 11 heteroatoms. The van der Waals surface area contributed by atoms with Gasteiger partial charge in [-0.1, -0.05) is 6.07 Å². The lowest BCUT2D eigenvalue weighted by Gasteiger charge is -2.06. The Balaban J connectivity index is 1.78. The number of nitrogens with one attached hydrogen (secondary N) is 2. The van der Waals surface area contributed by atoms with Gasteiger partial charge in [-0.3, -0.25) is 14.6 Å². The molecule has 0 unspecified atom stereocenters. The Labute approximate surface area is 175 Å². The second-order valence-electron chi connectivity index (χ2n) is 5.77. The first-order valence-electron chi connectivity index (χ1n) is 8.69. The number of hydrogen-bond donors (Lipinski definition) is 3. The number of aldehydes is 1. The second-order valence-corrected chi connectivity index (χ2v) is 6.82. The van der Waals surface area contributed by atoms with E-state index in [1.807, 2.05) is 0 Å². The van der Waals surface area contributed by atoms with Gasteiger partial charge in [0, 0.05) is 13.2 Å². The fraction of sp³-hybridized carbons (Fsp3) is 0.158. The van der Waals surface area contributed by atoms with Gasteiger partial charge in [0.1, 0.15) is 16.2 Å². The SMILES string of the molecule is CN/C(CNC(=O)c1cc2nc(-c3ccccn3)nc(O)c2s1)=N\C=C(/C=O)OC. The Morgan fingerprint density at radius 1 is 1.37 bits per heavy atom. The Morgan fingerprint density at radius 2 is 2.20 bits per heavy atom. The van der Waals surface area contributed by atoms with Crippen molar-refractivity contribution in [2.45, 2.75) is 0 Å². The van der Waals surface area contributed by atoms with Gasteiger partial charge < -0.3 is 20.5 Å². The Hall–Kier alpha value is -3.86. The number of amidine groups is 1. The number of ether oxygens (including phenoxy) is 1. The molecule has 0 atom stereocenters. The molecule has 0 saturated heterocycles. The molecule has 0 bridgehead atoms. The zero-order valence-electron chi connectivity index (χ0n) is 16.1. The molecule has 3 rings (SSSR count). The van der Waals surface area contributed by atoms with Gasteiger partial charge in [-0.25, -0.2) is 9.98 Å². The van der Waals surface area contributed by atoms with E-state index in [0.29, 0.717) is 32.9 Å². The number of pyridine rings is 1. The predicted octanol–water partition coefficient (Wildman–Crippen LogP) is 1.49. The van der Waals surface area contributed by atoms with E-state index in [4.69, 9.17) is 4.74 Å². The summed E-state index contributed by atoms with van der Waals surface area (Å²) in [5.74, 6) is 0.155. The second kappa shape index (κ2) is 9.56. The number of aliphatic imine (C=N–C) groups is 1. The molecule has 0 saturated carbocycles. The monoisotopic (exact) mass is 426 g/mol. The standard InChI is InChI=1S/C19H18N6O4S/c1-20-15(22-8-11(10-26)29-2)9-23-18(27)14-7-13-16(30-14)19(28)25-17(24-13)12-5-3-4-6-21-12/h3-8,10H,9H2,1-2H3,(H,20,22)(H,23,27)(H,24,25,28)/b11-8+. The number of nitrogens with zero attached hydrogens (tertiary/aromatic N) is 4. The number of hydrogen-bond acceptors (Lipinski definition) is 9. The normalized spacial score (nSPS) is 11.9. The van der Waals surface area contributed by atoms with E-state index < -0.39 is 0 Å². The minimum atomic E-state index is -0.369. The minimum absolute atomic E-state index is 0.0522. The number of rotatable bonds is 7. The summed E-state index contributed by atoms with van der Waals surface area (Å²) in [6, 6.07) is 6.87. The van der Waals surface area contributed by atoms with Crippen LogP contribution in [0.5, 0.6) is 5.88 Å². The molecular formula is C19H18N6O4S. The number of amides is 1.